The van der Waals surface area contributed by atoms with Crippen LogP contribution in [0.2, 0.25) is 0 Å². The molecule has 4 nitrogen and oxygen atoms in total. The summed E-state index contributed by atoms with van der Waals surface area (Å²) in [5.41, 5.74) is 6.47. The van der Waals surface area contributed by atoms with E-state index in [0.29, 0.717) is 11.2 Å². The van der Waals surface area contributed by atoms with E-state index in [9.17, 15) is 0 Å². The molecule has 1 saturated heterocycles. The second-order valence-corrected chi connectivity index (χ2v) is 6.35. The van der Waals surface area contributed by atoms with Gasteiger partial charge in [-0.3, -0.25) is 0 Å². The van der Waals surface area contributed by atoms with Crippen molar-refractivity contribution in [3.8, 4) is 5.75 Å². The van der Waals surface area contributed by atoms with Gasteiger partial charge in [-0.25, -0.2) is 0 Å². The van der Waals surface area contributed by atoms with Crippen LogP contribution in [-0.2, 0) is 0 Å². The standard InChI is InChI=1S/C13H21N3OS/c1-17-10-11(14)15-18-12(10)16-8-6-13(7-9-16)4-2-3-5-13/h2-9H2,1H3,(H2,14,15). The Morgan fingerprint density at radius 3 is 2.50 bits per heavy atom. The highest BCUT2D eigenvalue weighted by molar-refractivity contribution is 7.11. The van der Waals surface area contributed by atoms with Crippen LogP contribution in [-0.4, -0.2) is 24.6 Å². The Morgan fingerprint density at radius 1 is 1.22 bits per heavy atom. The van der Waals surface area contributed by atoms with Gasteiger partial charge in [-0.1, -0.05) is 12.8 Å². The highest BCUT2D eigenvalue weighted by atomic mass is 32.1. The maximum Gasteiger partial charge on any atom is 0.197 e. The Kier molecular flexibility index (Phi) is 3.09. The molecule has 3 rings (SSSR count). The number of ether oxygens (including phenoxy) is 1. The third-order valence-electron chi connectivity index (χ3n) is 4.64. The lowest BCUT2D eigenvalue weighted by Gasteiger charge is -2.39. The van der Waals surface area contributed by atoms with Gasteiger partial charge in [-0.2, -0.15) is 4.37 Å². The second-order valence-electron chi connectivity index (χ2n) is 5.60. The van der Waals surface area contributed by atoms with E-state index in [4.69, 9.17) is 10.5 Å². The van der Waals surface area contributed by atoms with E-state index in [1.54, 1.807) is 7.11 Å². The minimum atomic E-state index is 0.527. The first-order valence-electron chi connectivity index (χ1n) is 6.78. The van der Waals surface area contributed by atoms with Gasteiger partial charge in [0.15, 0.2) is 16.6 Å². The predicted octanol–water partition coefficient (Wildman–Crippen LogP) is 2.89. The molecule has 1 spiro atoms. The van der Waals surface area contributed by atoms with Gasteiger partial charge >= 0.3 is 0 Å². The Balaban J connectivity index is 1.72. The van der Waals surface area contributed by atoms with Crippen LogP contribution in [0.5, 0.6) is 5.75 Å². The molecule has 2 N–H and O–H groups in total. The average Bonchev–Trinajstić information content (AvgIpc) is 2.98. The monoisotopic (exact) mass is 267 g/mol. The molecule has 1 aromatic heterocycles. The summed E-state index contributed by atoms with van der Waals surface area (Å²) in [5.74, 6) is 1.29. The lowest BCUT2D eigenvalue weighted by Crippen LogP contribution is -2.38. The number of piperidine rings is 1. The normalized spacial score (nSPS) is 22.6. The predicted molar refractivity (Wildman–Crippen MR) is 75.4 cm³/mol. The van der Waals surface area contributed by atoms with Gasteiger partial charge in [0.05, 0.1) is 7.11 Å². The van der Waals surface area contributed by atoms with E-state index in [2.05, 4.69) is 9.27 Å². The number of hydrogen-bond donors (Lipinski definition) is 1. The molecule has 100 valence electrons. The molecule has 2 fully saturated rings. The van der Waals surface area contributed by atoms with Crippen molar-refractivity contribution in [2.24, 2.45) is 5.41 Å². The maximum atomic E-state index is 5.82. The van der Waals surface area contributed by atoms with Crippen LogP contribution in [0.4, 0.5) is 10.8 Å². The average molecular weight is 267 g/mol. The van der Waals surface area contributed by atoms with E-state index in [0.717, 1.165) is 23.8 Å². The summed E-state index contributed by atoms with van der Waals surface area (Å²) < 4.78 is 9.57. The Hall–Kier alpha value is -0.970. The quantitative estimate of drug-likeness (QED) is 0.895. The third kappa shape index (κ3) is 1.94. The molecule has 18 heavy (non-hydrogen) atoms. The second kappa shape index (κ2) is 4.61. The smallest absolute Gasteiger partial charge is 0.197 e. The fourth-order valence-corrected chi connectivity index (χ4v) is 4.32. The summed E-state index contributed by atoms with van der Waals surface area (Å²) >= 11 is 1.46. The zero-order chi connectivity index (χ0) is 12.6. The first kappa shape index (κ1) is 12.1. The molecular formula is C13H21N3OS. The highest BCUT2D eigenvalue weighted by Crippen LogP contribution is 2.48. The molecule has 5 heteroatoms. The summed E-state index contributed by atoms with van der Waals surface area (Å²) in [5, 5.41) is 1.11. The molecule has 0 bridgehead atoms. The van der Waals surface area contributed by atoms with E-state index in [-0.39, 0.29) is 0 Å². The van der Waals surface area contributed by atoms with E-state index in [1.807, 2.05) is 0 Å². The van der Waals surface area contributed by atoms with E-state index >= 15 is 0 Å². The van der Waals surface area contributed by atoms with Crippen molar-refractivity contribution in [2.75, 3.05) is 30.8 Å². The lowest BCUT2D eigenvalue weighted by atomic mass is 9.77. The topological polar surface area (TPSA) is 51.4 Å². The van der Waals surface area contributed by atoms with Gasteiger partial charge < -0.3 is 15.4 Å². The van der Waals surface area contributed by atoms with E-state index in [1.165, 1.54) is 50.1 Å². The van der Waals surface area contributed by atoms with Gasteiger partial charge in [-0.05, 0) is 42.6 Å². The van der Waals surface area contributed by atoms with Gasteiger partial charge in [0.2, 0.25) is 0 Å². The number of rotatable bonds is 2. The summed E-state index contributed by atoms with van der Waals surface area (Å²) in [6, 6.07) is 0. The van der Waals surface area contributed by atoms with Crippen molar-refractivity contribution in [3.63, 3.8) is 0 Å². The van der Waals surface area contributed by atoms with Crippen LogP contribution in [0.3, 0.4) is 0 Å². The number of nitrogen functional groups attached to an aromatic ring is 1. The highest BCUT2D eigenvalue weighted by Gasteiger charge is 2.37. The molecule has 1 aliphatic carbocycles. The molecular weight excluding hydrogens is 246 g/mol. The number of aromatic nitrogens is 1. The molecule has 0 atom stereocenters. The van der Waals surface area contributed by atoms with Crippen molar-refractivity contribution in [1.82, 2.24) is 4.37 Å². The first-order chi connectivity index (χ1) is 8.74. The van der Waals surface area contributed by atoms with E-state index < -0.39 is 0 Å². The fraction of sp³-hybridized carbons (Fsp3) is 0.769. The van der Waals surface area contributed by atoms with Crippen molar-refractivity contribution in [3.05, 3.63) is 0 Å². The van der Waals surface area contributed by atoms with Crippen LogP contribution < -0.4 is 15.4 Å². The Morgan fingerprint density at radius 2 is 1.89 bits per heavy atom. The summed E-state index contributed by atoms with van der Waals surface area (Å²) in [6.45, 7) is 2.25. The van der Waals surface area contributed by atoms with Crippen molar-refractivity contribution >= 4 is 22.4 Å². The van der Waals surface area contributed by atoms with Crippen LogP contribution in [0.25, 0.3) is 0 Å². The molecule has 0 amide bonds. The number of hydrogen-bond acceptors (Lipinski definition) is 5. The number of nitrogens with zero attached hydrogens (tertiary/aromatic N) is 2. The summed E-state index contributed by atoms with van der Waals surface area (Å²) in [4.78, 5) is 2.40. The molecule has 0 aromatic carbocycles. The third-order valence-corrected chi connectivity index (χ3v) is 5.54. The van der Waals surface area contributed by atoms with Crippen LogP contribution in [0, 0.1) is 5.41 Å². The molecule has 2 aliphatic rings. The fourth-order valence-electron chi connectivity index (χ4n) is 3.49. The maximum absolute atomic E-state index is 5.82. The molecule has 1 aliphatic heterocycles. The Bertz CT molecular complexity index is 416. The number of anilines is 2. The minimum Gasteiger partial charge on any atom is -0.490 e. The van der Waals surface area contributed by atoms with Crippen LogP contribution >= 0.6 is 11.5 Å². The first-order valence-corrected chi connectivity index (χ1v) is 7.56. The van der Waals surface area contributed by atoms with Gasteiger partial charge in [0.1, 0.15) is 0 Å². The van der Waals surface area contributed by atoms with Crippen molar-refractivity contribution in [1.29, 1.82) is 0 Å². The summed E-state index contributed by atoms with van der Waals surface area (Å²) in [7, 11) is 1.67. The molecule has 1 aromatic rings. The van der Waals surface area contributed by atoms with Gasteiger partial charge in [0.25, 0.3) is 0 Å². The van der Waals surface area contributed by atoms with Crippen molar-refractivity contribution < 1.29 is 4.74 Å². The number of methoxy groups -OCH3 is 1. The minimum absolute atomic E-state index is 0.527. The summed E-state index contributed by atoms with van der Waals surface area (Å²) in [6.07, 6.45) is 8.35. The van der Waals surface area contributed by atoms with Crippen LogP contribution in [0.1, 0.15) is 38.5 Å². The van der Waals surface area contributed by atoms with Gasteiger partial charge in [-0.15, -0.1) is 0 Å². The SMILES string of the molecule is COc1c(N)nsc1N1CCC2(CCCC2)CC1. The lowest BCUT2D eigenvalue weighted by molar-refractivity contribution is 0.226. The molecule has 2 heterocycles. The number of nitrogens with two attached hydrogens (primary N) is 1. The van der Waals surface area contributed by atoms with Gasteiger partial charge in [0, 0.05) is 13.1 Å². The zero-order valence-electron chi connectivity index (χ0n) is 10.9. The van der Waals surface area contributed by atoms with Crippen LogP contribution in [0.15, 0.2) is 0 Å². The molecule has 1 saturated carbocycles. The largest absolute Gasteiger partial charge is 0.490 e. The Labute approximate surface area is 112 Å². The molecule has 0 unspecified atom stereocenters. The van der Waals surface area contributed by atoms with Crippen molar-refractivity contribution in [2.45, 2.75) is 38.5 Å². The molecule has 0 radical (unpaired) electrons. The zero-order valence-corrected chi connectivity index (χ0v) is 11.8.